The number of rotatable bonds is 4. The van der Waals surface area contributed by atoms with E-state index in [4.69, 9.17) is 4.74 Å². The van der Waals surface area contributed by atoms with Crippen molar-refractivity contribution in [3.63, 3.8) is 0 Å². The van der Waals surface area contributed by atoms with E-state index in [1.54, 1.807) is 12.1 Å². The van der Waals surface area contributed by atoms with Crippen LogP contribution in [0, 0.1) is 0 Å². The Balaban J connectivity index is 2.65. The number of piperidine rings is 1. The number of methoxy groups -OCH3 is 1. The van der Waals surface area contributed by atoms with E-state index < -0.39 is 21.9 Å². The Morgan fingerprint density at radius 2 is 2.13 bits per heavy atom. The van der Waals surface area contributed by atoms with Crippen LogP contribution >= 0.6 is 0 Å². The van der Waals surface area contributed by atoms with E-state index >= 15 is 0 Å². The number of sulfone groups is 1. The Hall–Kier alpha value is -1.60. The number of hydrogen-bond acceptors (Lipinski definition) is 6. The summed E-state index contributed by atoms with van der Waals surface area (Å²) >= 11 is 0. The molecule has 1 aromatic rings. The fourth-order valence-electron chi connectivity index (χ4n) is 3.10. The molecule has 1 aliphatic heterocycles. The maximum Gasteiger partial charge on any atom is 0.338 e. The molecule has 0 spiro atoms. The Kier molecular flexibility index (Phi) is 5.31. The Bertz CT molecular complexity index is 699. The Morgan fingerprint density at radius 1 is 1.43 bits per heavy atom. The van der Waals surface area contributed by atoms with Gasteiger partial charge in [-0.15, -0.1) is 0 Å². The van der Waals surface area contributed by atoms with Gasteiger partial charge in [0.2, 0.25) is 0 Å². The van der Waals surface area contributed by atoms with E-state index in [-0.39, 0.29) is 10.5 Å². The molecule has 0 aliphatic carbocycles. The number of esters is 1. The molecule has 0 saturated carbocycles. The monoisotopic (exact) mass is 341 g/mol. The molecule has 1 aliphatic rings. The average Bonchev–Trinajstić information content (AvgIpc) is 2.51. The van der Waals surface area contributed by atoms with Crippen LogP contribution in [0.3, 0.4) is 0 Å². The van der Waals surface area contributed by atoms with Crippen LogP contribution in [0.5, 0.6) is 0 Å². The summed E-state index contributed by atoms with van der Waals surface area (Å²) in [6.07, 6.45) is 2.58. The van der Waals surface area contributed by atoms with Crippen molar-refractivity contribution in [1.29, 1.82) is 0 Å². The molecule has 0 bridgehead atoms. The average molecular weight is 341 g/mol. The standard InChI is InChI=1S/C16H23NO5S/c1-4-12-13(16(19)22-2)7-8-14(15(12)23(3,20)21)17-9-5-6-11(18)10-17/h7-8,11,18H,4-6,9-10H2,1-3H3. The summed E-state index contributed by atoms with van der Waals surface area (Å²) in [7, 11) is -2.26. The van der Waals surface area contributed by atoms with Crippen LogP contribution in [0.2, 0.25) is 0 Å². The highest BCUT2D eigenvalue weighted by molar-refractivity contribution is 7.91. The predicted octanol–water partition coefficient (Wildman–Crippen LogP) is 1.40. The SMILES string of the molecule is CCc1c(C(=O)OC)ccc(N2CCCC(O)C2)c1S(C)(=O)=O. The van der Waals surface area contributed by atoms with Crippen molar-refractivity contribution in [2.24, 2.45) is 0 Å². The molecule has 128 valence electrons. The first-order valence-corrected chi connectivity index (χ1v) is 9.56. The van der Waals surface area contributed by atoms with E-state index in [9.17, 15) is 18.3 Å². The zero-order valence-electron chi connectivity index (χ0n) is 13.7. The van der Waals surface area contributed by atoms with Crippen molar-refractivity contribution in [1.82, 2.24) is 0 Å². The van der Waals surface area contributed by atoms with Gasteiger partial charge in [0.1, 0.15) is 0 Å². The summed E-state index contributed by atoms with van der Waals surface area (Å²) in [5, 5.41) is 9.88. The zero-order valence-corrected chi connectivity index (χ0v) is 14.5. The summed E-state index contributed by atoms with van der Waals surface area (Å²) in [5.74, 6) is -0.544. The molecule has 1 fully saturated rings. The van der Waals surface area contributed by atoms with Gasteiger partial charge < -0.3 is 14.7 Å². The molecule has 0 radical (unpaired) electrons. The van der Waals surface area contributed by atoms with Gasteiger partial charge in [-0.1, -0.05) is 6.92 Å². The zero-order chi connectivity index (χ0) is 17.2. The van der Waals surface area contributed by atoms with Crippen molar-refractivity contribution in [2.75, 3.05) is 31.4 Å². The molecule has 1 aromatic carbocycles. The number of hydrogen-bond donors (Lipinski definition) is 1. The Labute approximate surface area is 137 Å². The first kappa shape index (κ1) is 17.7. The third-order valence-electron chi connectivity index (χ3n) is 4.11. The summed E-state index contributed by atoms with van der Waals surface area (Å²) in [4.78, 5) is 14.0. The molecule has 1 heterocycles. The molecular formula is C16H23NO5S. The minimum atomic E-state index is -3.54. The lowest BCUT2D eigenvalue weighted by Crippen LogP contribution is -2.39. The molecule has 1 saturated heterocycles. The second kappa shape index (κ2) is 6.88. The lowest BCUT2D eigenvalue weighted by atomic mass is 10.0. The molecule has 6 nitrogen and oxygen atoms in total. The van der Waals surface area contributed by atoms with E-state index in [2.05, 4.69) is 0 Å². The van der Waals surface area contributed by atoms with Gasteiger partial charge in [-0.05, 0) is 37.0 Å². The van der Waals surface area contributed by atoms with Crippen LogP contribution in [0.4, 0.5) is 5.69 Å². The molecule has 1 N–H and O–H groups in total. The summed E-state index contributed by atoms with van der Waals surface area (Å²) in [6.45, 7) is 2.88. The molecule has 0 amide bonds. The van der Waals surface area contributed by atoms with Gasteiger partial charge in [0.15, 0.2) is 9.84 Å². The second-order valence-corrected chi connectivity index (χ2v) is 7.75. The van der Waals surface area contributed by atoms with Crippen LogP contribution < -0.4 is 4.90 Å². The van der Waals surface area contributed by atoms with Gasteiger partial charge in [0.05, 0.1) is 29.4 Å². The van der Waals surface area contributed by atoms with Crippen molar-refractivity contribution >= 4 is 21.5 Å². The number of nitrogens with zero attached hydrogens (tertiary/aromatic N) is 1. The highest BCUT2D eigenvalue weighted by atomic mass is 32.2. The highest BCUT2D eigenvalue weighted by Crippen LogP contribution is 2.33. The van der Waals surface area contributed by atoms with Gasteiger partial charge in [-0.3, -0.25) is 0 Å². The minimum absolute atomic E-state index is 0.164. The molecule has 0 aromatic heterocycles. The predicted molar refractivity (Wildman–Crippen MR) is 87.7 cm³/mol. The Morgan fingerprint density at radius 3 is 2.65 bits per heavy atom. The van der Waals surface area contributed by atoms with Crippen molar-refractivity contribution in [2.45, 2.75) is 37.2 Å². The molecular weight excluding hydrogens is 318 g/mol. The van der Waals surface area contributed by atoms with Crippen LogP contribution in [-0.2, 0) is 21.0 Å². The molecule has 2 rings (SSSR count). The third kappa shape index (κ3) is 3.67. The highest BCUT2D eigenvalue weighted by Gasteiger charge is 2.28. The van der Waals surface area contributed by atoms with Gasteiger partial charge in [-0.25, -0.2) is 13.2 Å². The molecule has 1 unspecified atom stereocenters. The van der Waals surface area contributed by atoms with E-state index in [0.29, 0.717) is 37.2 Å². The quantitative estimate of drug-likeness (QED) is 0.834. The number of benzene rings is 1. The first-order chi connectivity index (χ1) is 10.8. The third-order valence-corrected chi connectivity index (χ3v) is 5.30. The maximum absolute atomic E-state index is 12.4. The van der Waals surface area contributed by atoms with Gasteiger partial charge in [-0.2, -0.15) is 0 Å². The largest absolute Gasteiger partial charge is 0.465 e. The smallest absolute Gasteiger partial charge is 0.338 e. The van der Waals surface area contributed by atoms with Crippen LogP contribution in [0.1, 0.15) is 35.7 Å². The topological polar surface area (TPSA) is 83.9 Å². The van der Waals surface area contributed by atoms with Gasteiger partial charge >= 0.3 is 5.97 Å². The lowest BCUT2D eigenvalue weighted by molar-refractivity contribution is 0.0599. The van der Waals surface area contributed by atoms with Crippen LogP contribution in [0.15, 0.2) is 17.0 Å². The number of anilines is 1. The minimum Gasteiger partial charge on any atom is -0.465 e. The summed E-state index contributed by atoms with van der Waals surface area (Å²) in [5.41, 5.74) is 1.30. The van der Waals surface area contributed by atoms with Crippen LogP contribution in [0.25, 0.3) is 0 Å². The fourth-order valence-corrected chi connectivity index (χ4v) is 4.38. The number of aliphatic hydroxyl groups is 1. The molecule has 7 heteroatoms. The fraction of sp³-hybridized carbons (Fsp3) is 0.562. The number of carbonyl (C=O) groups excluding carboxylic acids is 1. The summed E-state index contributed by atoms with van der Waals surface area (Å²) in [6, 6.07) is 3.25. The van der Waals surface area contributed by atoms with Crippen molar-refractivity contribution < 1.29 is 23.1 Å². The van der Waals surface area contributed by atoms with E-state index in [1.807, 2.05) is 11.8 Å². The normalized spacial score (nSPS) is 18.8. The number of β-amino-alcohol motifs (C(OH)–C–C–N with tert-alkyl or cyclic N) is 1. The second-order valence-electron chi connectivity index (χ2n) is 5.80. The number of carbonyl (C=O) groups is 1. The van der Waals surface area contributed by atoms with Crippen LogP contribution in [-0.4, -0.2) is 52.1 Å². The van der Waals surface area contributed by atoms with E-state index in [1.165, 1.54) is 7.11 Å². The maximum atomic E-state index is 12.4. The van der Waals surface area contributed by atoms with Crippen molar-refractivity contribution in [3.8, 4) is 0 Å². The lowest BCUT2D eigenvalue weighted by Gasteiger charge is -2.33. The van der Waals surface area contributed by atoms with Gasteiger partial charge in [0, 0.05) is 19.3 Å². The van der Waals surface area contributed by atoms with E-state index in [0.717, 1.165) is 12.7 Å². The number of ether oxygens (including phenoxy) is 1. The molecule has 1 atom stereocenters. The molecule has 23 heavy (non-hydrogen) atoms. The van der Waals surface area contributed by atoms with Gasteiger partial charge in [0.25, 0.3) is 0 Å². The van der Waals surface area contributed by atoms with Crippen molar-refractivity contribution in [3.05, 3.63) is 23.3 Å². The summed E-state index contributed by atoms with van der Waals surface area (Å²) < 4.78 is 29.5. The number of aliphatic hydroxyl groups excluding tert-OH is 1. The first-order valence-electron chi connectivity index (χ1n) is 7.66.